The molecule has 19 heavy (non-hydrogen) atoms. The molecular weight excluding hydrogens is 248 g/mol. The summed E-state index contributed by atoms with van der Waals surface area (Å²) in [6, 6.07) is 5.57. The third-order valence-electron chi connectivity index (χ3n) is 2.87. The normalized spacial score (nSPS) is 12.4. The predicted molar refractivity (Wildman–Crippen MR) is 69.9 cm³/mol. The topological polar surface area (TPSA) is 75.8 Å². The number of rotatable bonds is 5. The van der Waals surface area contributed by atoms with Crippen molar-refractivity contribution in [2.45, 2.75) is 12.5 Å². The van der Waals surface area contributed by atoms with Crippen molar-refractivity contribution in [1.29, 1.82) is 0 Å². The predicted octanol–water partition coefficient (Wildman–Crippen LogP) is 1.19. The Morgan fingerprint density at radius 1 is 1.58 bits per heavy atom. The Morgan fingerprint density at radius 3 is 3.11 bits per heavy atom. The zero-order valence-electron chi connectivity index (χ0n) is 10.9. The summed E-state index contributed by atoms with van der Waals surface area (Å²) in [7, 11) is 3.13. The number of aromatic nitrogens is 1. The zero-order valence-corrected chi connectivity index (χ0v) is 10.9. The molecule has 1 aromatic heterocycles. The van der Waals surface area contributed by atoms with E-state index < -0.39 is 12.1 Å². The van der Waals surface area contributed by atoms with Crippen LogP contribution in [0.25, 0.3) is 11.1 Å². The van der Waals surface area contributed by atoms with E-state index in [0.717, 1.165) is 11.2 Å². The summed E-state index contributed by atoms with van der Waals surface area (Å²) in [5.74, 6) is -0.424. The summed E-state index contributed by atoms with van der Waals surface area (Å²) in [5.41, 5.74) is 2.35. The molecule has 0 fully saturated rings. The van der Waals surface area contributed by atoms with Crippen LogP contribution in [0.5, 0.6) is 0 Å². The minimum Gasteiger partial charge on any atom is -0.469 e. The first kappa shape index (κ1) is 13.4. The first-order chi connectivity index (χ1) is 9.10. The number of fused-ring (bicyclic) bond motifs is 1. The van der Waals surface area contributed by atoms with Crippen LogP contribution in [0.15, 0.2) is 29.0 Å². The van der Waals surface area contributed by atoms with Crippen LogP contribution in [-0.2, 0) is 9.53 Å². The van der Waals surface area contributed by atoms with Crippen molar-refractivity contribution in [1.82, 2.24) is 4.98 Å². The van der Waals surface area contributed by atoms with Crippen LogP contribution >= 0.6 is 0 Å². The molecule has 2 rings (SSSR count). The van der Waals surface area contributed by atoms with Crippen LogP contribution in [0.3, 0.4) is 0 Å². The van der Waals surface area contributed by atoms with Gasteiger partial charge in [-0.15, -0.1) is 0 Å². The van der Waals surface area contributed by atoms with Gasteiger partial charge in [0.1, 0.15) is 5.52 Å². The average molecular weight is 264 g/mol. The van der Waals surface area contributed by atoms with Crippen LogP contribution in [-0.4, -0.2) is 42.9 Å². The third-order valence-corrected chi connectivity index (χ3v) is 2.87. The fourth-order valence-electron chi connectivity index (χ4n) is 1.84. The lowest BCUT2D eigenvalue weighted by Gasteiger charge is -2.22. The maximum absolute atomic E-state index is 11.1. The molecule has 1 unspecified atom stereocenters. The molecule has 1 N–H and O–H groups in total. The molecule has 102 valence electrons. The van der Waals surface area contributed by atoms with E-state index in [0.29, 0.717) is 12.1 Å². The molecule has 0 saturated carbocycles. The quantitative estimate of drug-likeness (QED) is 0.817. The number of hydrogen-bond acceptors (Lipinski definition) is 6. The summed E-state index contributed by atoms with van der Waals surface area (Å²) in [6.45, 7) is 0.328. The van der Waals surface area contributed by atoms with Gasteiger partial charge in [-0.2, -0.15) is 0 Å². The number of likely N-dealkylation sites (N-methyl/N-ethyl adjacent to an activating group) is 1. The van der Waals surface area contributed by atoms with Crippen molar-refractivity contribution < 1.29 is 19.1 Å². The van der Waals surface area contributed by atoms with Gasteiger partial charge in [-0.05, 0) is 12.1 Å². The van der Waals surface area contributed by atoms with Gasteiger partial charge in [0.05, 0.1) is 19.6 Å². The molecular formula is C13H16N2O4. The molecule has 0 amide bonds. The van der Waals surface area contributed by atoms with Crippen molar-refractivity contribution in [3.63, 3.8) is 0 Å². The van der Waals surface area contributed by atoms with Gasteiger partial charge in [-0.25, -0.2) is 4.98 Å². The first-order valence-electron chi connectivity index (χ1n) is 5.89. The molecule has 0 saturated heterocycles. The minimum absolute atomic E-state index is 0.0224. The number of methoxy groups -OCH3 is 1. The van der Waals surface area contributed by atoms with E-state index in [4.69, 9.17) is 4.42 Å². The van der Waals surface area contributed by atoms with E-state index in [1.54, 1.807) is 0 Å². The largest absolute Gasteiger partial charge is 0.469 e. The highest BCUT2D eigenvalue weighted by atomic mass is 16.5. The van der Waals surface area contributed by atoms with Crippen molar-refractivity contribution in [2.24, 2.45) is 0 Å². The van der Waals surface area contributed by atoms with Crippen molar-refractivity contribution in [3.8, 4) is 0 Å². The number of anilines is 1. The summed E-state index contributed by atoms with van der Waals surface area (Å²) >= 11 is 0. The first-order valence-corrected chi connectivity index (χ1v) is 5.89. The molecule has 0 aliphatic rings. The summed E-state index contributed by atoms with van der Waals surface area (Å²) in [4.78, 5) is 16.9. The molecule has 0 bridgehead atoms. The lowest BCUT2D eigenvalue weighted by Crippen LogP contribution is -2.30. The van der Waals surface area contributed by atoms with Crippen LogP contribution in [0.2, 0.25) is 0 Å². The smallest absolute Gasteiger partial charge is 0.308 e. The minimum atomic E-state index is -0.775. The van der Waals surface area contributed by atoms with Gasteiger partial charge in [0, 0.05) is 25.3 Å². The van der Waals surface area contributed by atoms with E-state index in [2.05, 4.69) is 9.72 Å². The average Bonchev–Trinajstić information content (AvgIpc) is 2.85. The number of esters is 1. The van der Waals surface area contributed by atoms with E-state index in [9.17, 15) is 9.90 Å². The molecule has 6 nitrogen and oxygen atoms in total. The summed E-state index contributed by atoms with van der Waals surface area (Å²) < 4.78 is 9.74. The van der Waals surface area contributed by atoms with Gasteiger partial charge in [0.15, 0.2) is 12.0 Å². The van der Waals surface area contributed by atoms with Crippen molar-refractivity contribution >= 4 is 22.8 Å². The number of carbonyl (C=O) groups excluding carboxylic acids is 1. The Kier molecular flexibility index (Phi) is 4.01. The molecule has 0 radical (unpaired) electrons. The summed E-state index contributed by atoms with van der Waals surface area (Å²) in [5, 5.41) is 9.78. The fraction of sp³-hybridized carbons (Fsp3) is 0.385. The highest BCUT2D eigenvalue weighted by Gasteiger charge is 2.14. The number of ether oxygens (including phenoxy) is 1. The van der Waals surface area contributed by atoms with Gasteiger partial charge in [-0.3, -0.25) is 4.79 Å². The molecule has 0 spiro atoms. The number of oxazole rings is 1. The number of aliphatic hydroxyl groups is 1. The Labute approximate surface area is 110 Å². The maximum Gasteiger partial charge on any atom is 0.308 e. The molecule has 0 aliphatic carbocycles. The van der Waals surface area contributed by atoms with Crippen LogP contribution < -0.4 is 4.90 Å². The number of carbonyl (C=O) groups is 1. The second-order valence-electron chi connectivity index (χ2n) is 4.32. The van der Waals surface area contributed by atoms with Crippen LogP contribution in [0, 0.1) is 0 Å². The third kappa shape index (κ3) is 3.23. The number of aliphatic hydroxyl groups excluding tert-OH is 1. The molecule has 1 heterocycles. The molecule has 6 heteroatoms. The number of nitrogens with zero attached hydrogens (tertiary/aromatic N) is 2. The molecule has 0 aliphatic heterocycles. The monoisotopic (exact) mass is 264 g/mol. The highest BCUT2D eigenvalue weighted by molar-refractivity contribution is 5.77. The maximum atomic E-state index is 11.1. The molecule has 2 aromatic rings. The molecule has 1 atom stereocenters. The fourth-order valence-corrected chi connectivity index (χ4v) is 1.84. The van der Waals surface area contributed by atoms with Gasteiger partial charge >= 0.3 is 5.97 Å². The number of hydrogen-bond donors (Lipinski definition) is 1. The van der Waals surface area contributed by atoms with E-state index in [1.165, 1.54) is 13.5 Å². The summed E-state index contributed by atoms with van der Waals surface area (Å²) in [6.07, 6.45) is 0.592. The van der Waals surface area contributed by atoms with Crippen LogP contribution in [0.1, 0.15) is 6.42 Å². The lowest BCUT2D eigenvalue weighted by atomic mass is 10.2. The lowest BCUT2D eigenvalue weighted by molar-refractivity contribution is -0.142. The van der Waals surface area contributed by atoms with Gasteiger partial charge in [0.2, 0.25) is 0 Å². The van der Waals surface area contributed by atoms with Crippen molar-refractivity contribution in [3.05, 3.63) is 24.6 Å². The second-order valence-corrected chi connectivity index (χ2v) is 4.32. The SMILES string of the molecule is COC(=O)CC(O)CN(C)c1ccc2ncoc2c1. The van der Waals surface area contributed by atoms with Gasteiger partial charge in [-0.1, -0.05) is 0 Å². The van der Waals surface area contributed by atoms with Crippen molar-refractivity contribution in [2.75, 3.05) is 25.6 Å². The standard InChI is InChI=1S/C13H16N2O4/c1-15(7-10(16)6-13(17)18-2)9-3-4-11-12(5-9)19-8-14-11/h3-5,8,10,16H,6-7H2,1-2H3. The highest BCUT2D eigenvalue weighted by Crippen LogP contribution is 2.20. The second kappa shape index (κ2) is 5.71. The number of benzene rings is 1. The van der Waals surface area contributed by atoms with E-state index >= 15 is 0 Å². The Bertz CT molecular complexity index is 567. The van der Waals surface area contributed by atoms with Crippen LogP contribution in [0.4, 0.5) is 5.69 Å². The Morgan fingerprint density at radius 2 is 2.37 bits per heavy atom. The Balaban J connectivity index is 2.02. The molecule has 1 aromatic carbocycles. The van der Waals surface area contributed by atoms with Gasteiger partial charge in [0.25, 0.3) is 0 Å². The van der Waals surface area contributed by atoms with Gasteiger partial charge < -0.3 is 19.2 Å². The zero-order chi connectivity index (χ0) is 13.8. The Hall–Kier alpha value is -2.08. The van der Waals surface area contributed by atoms with E-state index in [1.807, 2.05) is 30.1 Å². The van der Waals surface area contributed by atoms with E-state index in [-0.39, 0.29) is 6.42 Å².